The molecule has 0 spiro atoms. The molecule has 0 aliphatic rings. The van der Waals surface area contributed by atoms with Gasteiger partial charge in [-0.05, 0) is 42.6 Å². The van der Waals surface area contributed by atoms with E-state index in [1.807, 2.05) is 17.5 Å². The maximum absolute atomic E-state index is 12.3. The third-order valence-electron chi connectivity index (χ3n) is 3.13. The van der Waals surface area contributed by atoms with Gasteiger partial charge in [0.2, 0.25) is 0 Å². The van der Waals surface area contributed by atoms with E-state index in [1.165, 1.54) is 11.3 Å². The zero-order valence-corrected chi connectivity index (χ0v) is 14.9. The molecule has 24 heavy (non-hydrogen) atoms. The van der Waals surface area contributed by atoms with Crippen molar-refractivity contribution in [1.29, 1.82) is 0 Å². The lowest BCUT2D eigenvalue weighted by Gasteiger charge is -2.06. The van der Waals surface area contributed by atoms with Crippen LogP contribution in [-0.2, 0) is 0 Å². The largest absolute Gasteiger partial charge is 0.281 e. The summed E-state index contributed by atoms with van der Waals surface area (Å²) in [7, 11) is 0. The van der Waals surface area contributed by atoms with Gasteiger partial charge in [-0.3, -0.25) is 20.4 Å². The number of carbonyl (C=O) groups excluding carboxylic acids is 2. The molecule has 0 fully saturated rings. The van der Waals surface area contributed by atoms with Gasteiger partial charge in [-0.1, -0.05) is 17.7 Å². The minimum atomic E-state index is -0.416. The Labute approximate surface area is 151 Å². The van der Waals surface area contributed by atoms with Crippen molar-refractivity contribution < 1.29 is 9.59 Å². The van der Waals surface area contributed by atoms with E-state index in [4.69, 9.17) is 11.6 Å². The monoisotopic (exact) mass is 377 g/mol. The van der Waals surface area contributed by atoms with Crippen molar-refractivity contribution >= 4 is 46.1 Å². The molecule has 0 unspecified atom stereocenters. The molecule has 0 radical (unpaired) electrons. The number of carbonyl (C=O) groups is 2. The molecule has 0 atom stereocenters. The van der Waals surface area contributed by atoms with Crippen LogP contribution >= 0.6 is 34.3 Å². The normalized spacial score (nSPS) is 10.4. The molecule has 8 heteroatoms. The summed E-state index contributed by atoms with van der Waals surface area (Å²) >= 11 is 8.64. The summed E-state index contributed by atoms with van der Waals surface area (Å²) in [6.45, 7) is 1.77. The first-order chi connectivity index (χ1) is 11.5. The van der Waals surface area contributed by atoms with Crippen LogP contribution in [0.3, 0.4) is 0 Å². The summed E-state index contributed by atoms with van der Waals surface area (Å²) < 4.78 is 0. The number of thiazole rings is 1. The number of halogens is 1. The maximum atomic E-state index is 12.3. The van der Waals surface area contributed by atoms with Crippen LogP contribution in [0.15, 0.2) is 41.8 Å². The zero-order valence-electron chi connectivity index (χ0n) is 12.5. The highest BCUT2D eigenvalue weighted by Crippen LogP contribution is 2.30. The molecule has 1 aromatic carbocycles. The first-order valence-corrected chi connectivity index (χ1v) is 8.99. The Bertz CT molecular complexity index is 873. The van der Waals surface area contributed by atoms with E-state index in [0.29, 0.717) is 21.2 Å². The molecule has 0 aliphatic carbocycles. The number of amides is 2. The smallest absolute Gasteiger partial charge is 0.267 e. The molecule has 2 heterocycles. The van der Waals surface area contributed by atoms with Crippen molar-refractivity contribution in [3.8, 4) is 9.88 Å². The third-order valence-corrected chi connectivity index (χ3v) is 5.58. The summed E-state index contributed by atoms with van der Waals surface area (Å²) in [4.78, 5) is 30.1. The molecule has 2 aromatic heterocycles. The second kappa shape index (κ2) is 7.12. The maximum Gasteiger partial charge on any atom is 0.281 e. The fourth-order valence-electron chi connectivity index (χ4n) is 1.96. The number of benzene rings is 1. The van der Waals surface area contributed by atoms with Gasteiger partial charge in [0.25, 0.3) is 11.8 Å². The molecule has 3 rings (SSSR count). The summed E-state index contributed by atoms with van der Waals surface area (Å²) in [5.74, 6) is -0.809. The van der Waals surface area contributed by atoms with Crippen LogP contribution in [0.4, 0.5) is 0 Å². The second-order valence-electron chi connectivity index (χ2n) is 4.83. The van der Waals surface area contributed by atoms with Gasteiger partial charge < -0.3 is 0 Å². The quantitative estimate of drug-likeness (QED) is 0.680. The van der Waals surface area contributed by atoms with Crippen molar-refractivity contribution in [3.05, 3.63) is 62.9 Å². The Kier molecular flexibility index (Phi) is 4.94. The summed E-state index contributed by atoms with van der Waals surface area (Å²) in [6, 6.07) is 10.3. The number of aryl methyl sites for hydroxylation is 1. The Hall–Kier alpha value is -2.22. The summed E-state index contributed by atoms with van der Waals surface area (Å²) in [5.41, 5.74) is 5.83. The molecule has 5 nitrogen and oxygen atoms in total. The standard InChI is InChI=1S/C16H12ClN3O2S2/c1-9-13(24-16(18-9)12-3-2-8-23-12)15(22)20-19-14(21)10-4-6-11(17)7-5-10/h2-8H,1H3,(H,19,21)(H,20,22). The van der Waals surface area contributed by atoms with E-state index in [1.54, 1.807) is 42.5 Å². The van der Waals surface area contributed by atoms with Crippen LogP contribution in [0.5, 0.6) is 0 Å². The number of rotatable bonds is 3. The van der Waals surface area contributed by atoms with Gasteiger partial charge in [-0.15, -0.1) is 22.7 Å². The average molecular weight is 378 g/mol. The Morgan fingerprint density at radius 1 is 1.08 bits per heavy atom. The van der Waals surface area contributed by atoms with Gasteiger partial charge in [0.15, 0.2) is 0 Å². The second-order valence-corrected chi connectivity index (χ2v) is 7.21. The van der Waals surface area contributed by atoms with Crippen LogP contribution in [-0.4, -0.2) is 16.8 Å². The first-order valence-electron chi connectivity index (χ1n) is 6.92. The minimum absolute atomic E-state index is 0.393. The molecule has 0 aliphatic heterocycles. The third kappa shape index (κ3) is 3.64. The molecule has 2 amide bonds. The Morgan fingerprint density at radius 3 is 2.46 bits per heavy atom. The molecule has 2 N–H and O–H groups in total. The summed E-state index contributed by atoms with van der Waals surface area (Å²) in [6.07, 6.45) is 0. The van der Waals surface area contributed by atoms with Crippen molar-refractivity contribution in [1.82, 2.24) is 15.8 Å². The van der Waals surface area contributed by atoms with E-state index in [2.05, 4.69) is 15.8 Å². The average Bonchev–Trinajstić information content (AvgIpc) is 3.22. The van der Waals surface area contributed by atoms with Crippen molar-refractivity contribution in [2.45, 2.75) is 6.92 Å². The van der Waals surface area contributed by atoms with Crippen LogP contribution in [0, 0.1) is 6.92 Å². The van der Waals surface area contributed by atoms with Crippen molar-refractivity contribution in [2.75, 3.05) is 0 Å². The first kappa shape index (κ1) is 16.6. The molecule has 0 bridgehead atoms. The summed E-state index contributed by atoms with van der Waals surface area (Å²) in [5, 5.41) is 3.28. The van der Waals surface area contributed by atoms with Crippen LogP contribution in [0.2, 0.25) is 5.02 Å². The highest BCUT2D eigenvalue weighted by Gasteiger charge is 2.17. The van der Waals surface area contributed by atoms with Gasteiger partial charge in [-0.2, -0.15) is 0 Å². The van der Waals surface area contributed by atoms with Gasteiger partial charge in [-0.25, -0.2) is 4.98 Å². The van der Waals surface area contributed by atoms with Gasteiger partial charge in [0.1, 0.15) is 9.88 Å². The fraction of sp³-hybridized carbons (Fsp3) is 0.0625. The van der Waals surface area contributed by atoms with E-state index in [9.17, 15) is 9.59 Å². The van der Waals surface area contributed by atoms with Gasteiger partial charge >= 0.3 is 0 Å². The van der Waals surface area contributed by atoms with Crippen molar-refractivity contribution in [2.24, 2.45) is 0 Å². The number of aromatic nitrogens is 1. The Balaban J connectivity index is 1.67. The topological polar surface area (TPSA) is 71.1 Å². The van der Waals surface area contributed by atoms with E-state index >= 15 is 0 Å². The van der Waals surface area contributed by atoms with Crippen LogP contribution in [0.1, 0.15) is 25.7 Å². The molecular weight excluding hydrogens is 366 g/mol. The molecule has 3 aromatic rings. The number of hydrogen-bond donors (Lipinski definition) is 2. The van der Waals surface area contributed by atoms with Crippen LogP contribution in [0.25, 0.3) is 9.88 Å². The lowest BCUT2D eigenvalue weighted by Crippen LogP contribution is -2.41. The number of nitrogens with one attached hydrogen (secondary N) is 2. The van der Waals surface area contributed by atoms with E-state index in [-0.39, 0.29) is 0 Å². The number of thiophene rings is 1. The number of hydrogen-bond acceptors (Lipinski definition) is 5. The number of hydrazine groups is 1. The van der Waals surface area contributed by atoms with Crippen molar-refractivity contribution in [3.63, 3.8) is 0 Å². The number of nitrogens with zero attached hydrogens (tertiary/aromatic N) is 1. The predicted octanol–water partition coefficient (Wildman–Crippen LogP) is 3.91. The van der Waals surface area contributed by atoms with E-state index in [0.717, 1.165) is 9.88 Å². The highest BCUT2D eigenvalue weighted by molar-refractivity contribution is 7.22. The fourth-order valence-corrected chi connectivity index (χ4v) is 3.84. The van der Waals surface area contributed by atoms with Gasteiger partial charge in [0.05, 0.1) is 10.6 Å². The van der Waals surface area contributed by atoms with Gasteiger partial charge in [0, 0.05) is 10.6 Å². The predicted molar refractivity (Wildman–Crippen MR) is 96.5 cm³/mol. The lowest BCUT2D eigenvalue weighted by atomic mass is 10.2. The molecule has 122 valence electrons. The zero-order chi connectivity index (χ0) is 17.1. The SMILES string of the molecule is Cc1nc(-c2cccs2)sc1C(=O)NNC(=O)c1ccc(Cl)cc1. The minimum Gasteiger partial charge on any atom is -0.267 e. The molecule has 0 saturated carbocycles. The molecular formula is C16H12ClN3O2S2. The molecule has 0 saturated heterocycles. The lowest BCUT2D eigenvalue weighted by molar-refractivity contribution is 0.0848. The van der Waals surface area contributed by atoms with E-state index < -0.39 is 11.8 Å². The Morgan fingerprint density at radius 2 is 1.79 bits per heavy atom. The highest BCUT2D eigenvalue weighted by atomic mass is 35.5. The van der Waals surface area contributed by atoms with Crippen LogP contribution < -0.4 is 10.9 Å².